The molecule has 1 rings (SSSR count). The van der Waals surface area contributed by atoms with Crippen molar-refractivity contribution in [1.82, 2.24) is 15.2 Å². The van der Waals surface area contributed by atoms with E-state index < -0.39 is 0 Å². The Morgan fingerprint density at radius 2 is 2.07 bits per heavy atom. The van der Waals surface area contributed by atoms with Crippen LogP contribution in [0, 0.1) is 6.92 Å². The first-order chi connectivity index (χ1) is 6.77. The Labute approximate surface area is 86.0 Å². The Morgan fingerprint density at radius 1 is 1.29 bits per heavy atom. The molecule has 1 heterocycles. The molecular formula is C11H19N3. The molecule has 0 bridgehead atoms. The second-order valence-electron chi connectivity index (χ2n) is 3.68. The summed E-state index contributed by atoms with van der Waals surface area (Å²) in [6.45, 7) is 6.28. The highest BCUT2D eigenvalue weighted by atomic mass is 15.1. The second-order valence-corrected chi connectivity index (χ2v) is 3.68. The molecule has 0 aliphatic rings. The minimum atomic E-state index is 0.538. The molecule has 1 atom stereocenters. The van der Waals surface area contributed by atoms with Gasteiger partial charge < -0.3 is 0 Å². The van der Waals surface area contributed by atoms with Crippen LogP contribution in [0.2, 0.25) is 0 Å². The highest BCUT2D eigenvalue weighted by Gasteiger charge is 2.10. The van der Waals surface area contributed by atoms with Crippen LogP contribution in [0.25, 0.3) is 0 Å². The first-order valence-electron chi connectivity index (χ1n) is 5.44. The summed E-state index contributed by atoms with van der Waals surface area (Å²) in [5.74, 6) is 1.29. The number of unbranched alkanes of at least 4 members (excludes halogenated alkanes) is 1. The monoisotopic (exact) mass is 193 g/mol. The Balaban J connectivity index is 2.64. The van der Waals surface area contributed by atoms with Crippen LogP contribution in [-0.2, 0) is 0 Å². The number of nitrogens with zero attached hydrogens (tertiary/aromatic N) is 3. The standard InChI is InChI=1S/C11H19N3/c1-4-6-7-10(5-2)11-8-12-9(3)13-14-11/h8,10H,4-7H2,1-3H3. The van der Waals surface area contributed by atoms with Crippen molar-refractivity contribution in [3.8, 4) is 0 Å². The molecular weight excluding hydrogens is 174 g/mol. The fraction of sp³-hybridized carbons (Fsp3) is 0.727. The minimum absolute atomic E-state index is 0.538. The quantitative estimate of drug-likeness (QED) is 0.721. The second kappa shape index (κ2) is 5.68. The molecule has 78 valence electrons. The minimum Gasteiger partial charge on any atom is -0.238 e. The average Bonchev–Trinajstić information content (AvgIpc) is 2.21. The highest BCUT2D eigenvalue weighted by molar-refractivity contribution is 5.01. The van der Waals surface area contributed by atoms with Crippen molar-refractivity contribution >= 4 is 0 Å². The Hall–Kier alpha value is -0.990. The van der Waals surface area contributed by atoms with E-state index in [0.29, 0.717) is 5.92 Å². The van der Waals surface area contributed by atoms with Crippen LogP contribution in [0.4, 0.5) is 0 Å². The van der Waals surface area contributed by atoms with Gasteiger partial charge in [-0.05, 0) is 19.8 Å². The molecule has 14 heavy (non-hydrogen) atoms. The number of rotatable bonds is 5. The molecule has 1 aromatic rings. The first kappa shape index (κ1) is 11.1. The zero-order chi connectivity index (χ0) is 10.4. The summed E-state index contributed by atoms with van der Waals surface area (Å²) in [7, 11) is 0. The molecule has 1 aromatic heterocycles. The van der Waals surface area contributed by atoms with E-state index in [4.69, 9.17) is 0 Å². The van der Waals surface area contributed by atoms with E-state index in [1.165, 1.54) is 19.3 Å². The number of aromatic nitrogens is 3. The van der Waals surface area contributed by atoms with E-state index >= 15 is 0 Å². The van der Waals surface area contributed by atoms with Crippen LogP contribution in [0.3, 0.4) is 0 Å². The zero-order valence-electron chi connectivity index (χ0n) is 9.32. The van der Waals surface area contributed by atoms with Crippen molar-refractivity contribution in [2.24, 2.45) is 0 Å². The maximum Gasteiger partial charge on any atom is 0.147 e. The topological polar surface area (TPSA) is 38.7 Å². The molecule has 0 amide bonds. The lowest BCUT2D eigenvalue weighted by Gasteiger charge is -2.12. The van der Waals surface area contributed by atoms with Gasteiger partial charge in [0.2, 0.25) is 0 Å². The maximum atomic E-state index is 4.19. The summed E-state index contributed by atoms with van der Waals surface area (Å²) >= 11 is 0. The van der Waals surface area contributed by atoms with Gasteiger partial charge in [-0.1, -0.05) is 26.7 Å². The predicted octanol–water partition coefficient (Wildman–Crippen LogP) is 2.86. The normalized spacial score (nSPS) is 12.8. The van der Waals surface area contributed by atoms with E-state index in [1.807, 2.05) is 13.1 Å². The lowest BCUT2D eigenvalue weighted by Crippen LogP contribution is -2.04. The predicted molar refractivity (Wildman–Crippen MR) is 57.1 cm³/mol. The molecule has 3 nitrogen and oxygen atoms in total. The highest BCUT2D eigenvalue weighted by Crippen LogP contribution is 2.22. The van der Waals surface area contributed by atoms with Crippen molar-refractivity contribution in [2.45, 2.75) is 52.4 Å². The Morgan fingerprint density at radius 3 is 2.57 bits per heavy atom. The fourth-order valence-corrected chi connectivity index (χ4v) is 1.54. The van der Waals surface area contributed by atoms with Crippen LogP contribution in [0.15, 0.2) is 6.20 Å². The van der Waals surface area contributed by atoms with Gasteiger partial charge in [-0.15, -0.1) is 5.10 Å². The van der Waals surface area contributed by atoms with Crippen LogP contribution < -0.4 is 0 Å². The number of aryl methyl sites for hydroxylation is 1. The SMILES string of the molecule is CCCCC(CC)c1cnc(C)nn1. The third kappa shape index (κ3) is 3.05. The summed E-state index contributed by atoms with van der Waals surface area (Å²) in [4.78, 5) is 4.18. The first-order valence-corrected chi connectivity index (χ1v) is 5.44. The molecule has 0 N–H and O–H groups in total. The lowest BCUT2D eigenvalue weighted by atomic mass is 9.96. The van der Waals surface area contributed by atoms with Gasteiger partial charge in [0.15, 0.2) is 0 Å². The molecule has 1 unspecified atom stereocenters. The van der Waals surface area contributed by atoms with Gasteiger partial charge in [0, 0.05) is 5.92 Å². The van der Waals surface area contributed by atoms with Gasteiger partial charge in [0.1, 0.15) is 5.82 Å². The molecule has 0 aliphatic heterocycles. The summed E-state index contributed by atoms with van der Waals surface area (Å²) in [6, 6.07) is 0. The van der Waals surface area contributed by atoms with Crippen LogP contribution in [-0.4, -0.2) is 15.2 Å². The third-order valence-electron chi connectivity index (χ3n) is 2.51. The van der Waals surface area contributed by atoms with Crippen molar-refractivity contribution in [2.75, 3.05) is 0 Å². The lowest BCUT2D eigenvalue weighted by molar-refractivity contribution is 0.546. The van der Waals surface area contributed by atoms with E-state index in [0.717, 1.165) is 17.9 Å². The fourth-order valence-electron chi connectivity index (χ4n) is 1.54. The van der Waals surface area contributed by atoms with Crippen LogP contribution in [0.5, 0.6) is 0 Å². The van der Waals surface area contributed by atoms with Crippen molar-refractivity contribution in [3.05, 3.63) is 17.7 Å². The number of hydrogen-bond acceptors (Lipinski definition) is 3. The largest absolute Gasteiger partial charge is 0.238 e. The van der Waals surface area contributed by atoms with Crippen LogP contribution >= 0.6 is 0 Å². The van der Waals surface area contributed by atoms with E-state index in [2.05, 4.69) is 29.0 Å². The molecule has 0 fully saturated rings. The summed E-state index contributed by atoms with van der Waals surface area (Å²) in [6.07, 6.45) is 6.69. The van der Waals surface area contributed by atoms with Gasteiger partial charge in [0.05, 0.1) is 11.9 Å². The molecule has 0 radical (unpaired) electrons. The average molecular weight is 193 g/mol. The molecule has 0 saturated heterocycles. The van der Waals surface area contributed by atoms with E-state index in [-0.39, 0.29) is 0 Å². The molecule has 0 aliphatic carbocycles. The van der Waals surface area contributed by atoms with Gasteiger partial charge in [-0.2, -0.15) is 5.10 Å². The summed E-state index contributed by atoms with van der Waals surface area (Å²) in [5, 5.41) is 8.18. The zero-order valence-corrected chi connectivity index (χ0v) is 9.32. The molecule has 3 heteroatoms. The molecule has 0 spiro atoms. The molecule has 0 saturated carbocycles. The summed E-state index contributed by atoms with van der Waals surface area (Å²) < 4.78 is 0. The summed E-state index contributed by atoms with van der Waals surface area (Å²) in [5.41, 5.74) is 1.05. The maximum absolute atomic E-state index is 4.19. The Bertz CT molecular complexity index is 256. The van der Waals surface area contributed by atoms with Crippen molar-refractivity contribution < 1.29 is 0 Å². The van der Waals surface area contributed by atoms with E-state index in [1.54, 1.807) is 0 Å². The molecule has 0 aromatic carbocycles. The smallest absolute Gasteiger partial charge is 0.147 e. The van der Waals surface area contributed by atoms with Gasteiger partial charge >= 0.3 is 0 Å². The van der Waals surface area contributed by atoms with Gasteiger partial charge in [-0.3, -0.25) is 0 Å². The van der Waals surface area contributed by atoms with Gasteiger partial charge in [-0.25, -0.2) is 4.98 Å². The van der Waals surface area contributed by atoms with Crippen molar-refractivity contribution in [3.63, 3.8) is 0 Å². The van der Waals surface area contributed by atoms with Crippen molar-refractivity contribution in [1.29, 1.82) is 0 Å². The third-order valence-corrected chi connectivity index (χ3v) is 2.51. The number of hydrogen-bond donors (Lipinski definition) is 0. The Kier molecular flexibility index (Phi) is 4.50. The van der Waals surface area contributed by atoms with Crippen LogP contribution in [0.1, 0.15) is 57.0 Å². The van der Waals surface area contributed by atoms with E-state index in [9.17, 15) is 0 Å². The van der Waals surface area contributed by atoms with Gasteiger partial charge in [0.25, 0.3) is 0 Å².